The van der Waals surface area contributed by atoms with Gasteiger partial charge in [-0.05, 0) is 17.7 Å². The number of hydrogen-bond donors (Lipinski definition) is 3. The average molecular weight is 240 g/mol. The lowest BCUT2D eigenvalue weighted by Gasteiger charge is -2.06. The fourth-order valence-corrected chi connectivity index (χ4v) is 1.42. The van der Waals surface area contributed by atoms with Crippen molar-refractivity contribution in [2.75, 3.05) is 10.7 Å². The average Bonchev–Trinajstić information content (AvgIpc) is 2.46. The number of benzene rings is 1. The van der Waals surface area contributed by atoms with Crippen LogP contribution in [0.25, 0.3) is 0 Å². The van der Waals surface area contributed by atoms with Crippen molar-refractivity contribution in [3.05, 3.63) is 47.8 Å². The maximum atomic E-state index is 8.69. The fourth-order valence-electron chi connectivity index (χ4n) is 1.42. The van der Waals surface area contributed by atoms with E-state index in [0.29, 0.717) is 23.7 Å². The van der Waals surface area contributed by atoms with Gasteiger partial charge in [-0.25, -0.2) is 15.8 Å². The molecule has 0 aliphatic carbocycles. The Kier molecular flexibility index (Phi) is 3.69. The molecular formula is C12H12N6. The molecule has 6 nitrogen and oxygen atoms in total. The Labute approximate surface area is 104 Å². The summed E-state index contributed by atoms with van der Waals surface area (Å²) < 4.78 is 0. The molecule has 0 fully saturated rings. The molecule has 0 bridgehead atoms. The summed E-state index contributed by atoms with van der Waals surface area (Å²) in [6.45, 7) is 0.618. The Hall–Kier alpha value is -2.65. The maximum absolute atomic E-state index is 8.69. The highest BCUT2D eigenvalue weighted by atomic mass is 15.3. The molecule has 2 rings (SSSR count). The normalized spacial score (nSPS) is 9.56. The second-order valence-electron chi connectivity index (χ2n) is 3.60. The van der Waals surface area contributed by atoms with Gasteiger partial charge in [0.15, 0.2) is 0 Å². The minimum absolute atomic E-state index is 0.548. The molecule has 0 atom stereocenters. The van der Waals surface area contributed by atoms with Gasteiger partial charge in [-0.3, -0.25) is 0 Å². The molecule has 6 heteroatoms. The van der Waals surface area contributed by atoms with Crippen LogP contribution in [0.15, 0.2) is 36.7 Å². The van der Waals surface area contributed by atoms with Crippen LogP contribution in [0.5, 0.6) is 0 Å². The van der Waals surface area contributed by atoms with E-state index < -0.39 is 0 Å². The number of hydrazine groups is 1. The Balaban J connectivity index is 2.00. The van der Waals surface area contributed by atoms with Gasteiger partial charge in [0.1, 0.15) is 18.0 Å². The first kappa shape index (κ1) is 11.8. The summed E-state index contributed by atoms with van der Waals surface area (Å²) in [7, 11) is 0. The van der Waals surface area contributed by atoms with E-state index in [1.807, 2.05) is 12.1 Å². The SMILES string of the molecule is N#Cc1ccc(CNc2cc(NN)ncn2)cc1. The van der Waals surface area contributed by atoms with Crippen LogP contribution in [0.3, 0.4) is 0 Å². The third-order valence-electron chi connectivity index (χ3n) is 2.37. The molecule has 0 aliphatic heterocycles. The number of rotatable bonds is 4. The first-order valence-corrected chi connectivity index (χ1v) is 5.33. The summed E-state index contributed by atoms with van der Waals surface area (Å²) in [5.74, 6) is 6.49. The van der Waals surface area contributed by atoms with Gasteiger partial charge in [-0.2, -0.15) is 5.26 Å². The molecule has 0 spiro atoms. The molecule has 1 aromatic carbocycles. The Morgan fingerprint density at radius 3 is 2.56 bits per heavy atom. The highest BCUT2D eigenvalue weighted by molar-refractivity contribution is 5.46. The summed E-state index contributed by atoms with van der Waals surface area (Å²) in [6, 6.07) is 11.2. The van der Waals surface area contributed by atoms with Crippen LogP contribution >= 0.6 is 0 Å². The predicted octanol–water partition coefficient (Wildman–Crippen LogP) is 1.25. The molecule has 0 saturated carbocycles. The van der Waals surface area contributed by atoms with E-state index in [0.717, 1.165) is 5.56 Å². The molecule has 0 radical (unpaired) electrons. The summed E-state index contributed by atoms with van der Waals surface area (Å²) in [4.78, 5) is 7.98. The van der Waals surface area contributed by atoms with Gasteiger partial charge < -0.3 is 10.7 Å². The van der Waals surface area contributed by atoms with E-state index in [1.165, 1.54) is 6.33 Å². The topological polar surface area (TPSA) is 99.7 Å². The van der Waals surface area contributed by atoms with E-state index in [1.54, 1.807) is 18.2 Å². The van der Waals surface area contributed by atoms with Gasteiger partial charge in [0, 0.05) is 12.6 Å². The van der Waals surface area contributed by atoms with Gasteiger partial charge in [0.05, 0.1) is 11.6 Å². The molecule has 0 saturated heterocycles. The van der Waals surface area contributed by atoms with E-state index >= 15 is 0 Å². The minimum Gasteiger partial charge on any atom is -0.366 e. The zero-order chi connectivity index (χ0) is 12.8. The smallest absolute Gasteiger partial charge is 0.145 e. The van der Waals surface area contributed by atoms with Crippen molar-refractivity contribution in [2.45, 2.75) is 6.54 Å². The summed E-state index contributed by atoms with van der Waals surface area (Å²) in [5.41, 5.74) is 4.17. The van der Waals surface area contributed by atoms with Crippen LogP contribution in [0, 0.1) is 11.3 Å². The summed E-state index contributed by atoms with van der Waals surface area (Å²) >= 11 is 0. The number of nitrogen functional groups attached to an aromatic ring is 1. The van der Waals surface area contributed by atoms with Crippen molar-refractivity contribution in [2.24, 2.45) is 5.84 Å². The van der Waals surface area contributed by atoms with Crippen molar-refractivity contribution >= 4 is 11.6 Å². The van der Waals surface area contributed by atoms with Crippen LogP contribution < -0.4 is 16.6 Å². The molecule has 2 aromatic rings. The molecule has 18 heavy (non-hydrogen) atoms. The van der Waals surface area contributed by atoms with E-state index in [4.69, 9.17) is 11.1 Å². The van der Waals surface area contributed by atoms with Gasteiger partial charge in [-0.1, -0.05) is 12.1 Å². The lowest BCUT2D eigenvalue weighted by atomic mass is 10.1. The van der Waals surface area contributed by atoms with Gasteiger partial charge in [0.2, 0.25) is 0 Å². The van der Waals surface area contributed by atoms with Crippen LogP contribution in [0.2, 0.25) is 0 Å². The van der Waals surface area contributed by atoms with Crippen molar-refractivity contribution in [1.82, 2.24) is 9.97 Å². The molecule has 90 valence electrons. The van der Waals surface area contributed by atoms with Crippen LogP contribution in [0.4, 0.5) is 11.6 Å². The first-order chi connectivity index (χ1) is 8.81. The number of nitriles is 1. The second-order valence-corrected chi connectivity index (χ2v) is 3.60. The highest BCUT2D eigenvalue weighted by Crippen LogP contribution is 2.10. The monoisotopic (exact) mass is 240 g/mol. The van der Waals surface area contributed by atoms with Crippen molar-refractivity contribution in [3.8, 4) is 6.07 Å². The molecule has 0 unspecified atom stereocenters. The zero-order valence-corrected chi connectivity index (χ0v) is 9.59. The van der Waals surface area contributed by atoms with Gasteiger partial charge in [-0.15, -0.1) is 0 Å². The summed E-state index contributed by atoms with van der Waals surface area (Å²) in [6.07, 6.45) is 1.43. The number of anilines is 2. The standard InChI is InChI=1S/C12H12N6/c13-6-9-1-3-10(4-2-9)7-15-11-5-12(18-14)17-8-16-11/h1-5,8H,7,14H2,(H2,15,16,17,18). The third kappa shape index (κ3) is 2.93. The number of hydrogen-bond acceptors (Lipinski definition) is 6. The van der Waals surface area contributed by atoms with Crippen LogP contribution in [0.1, 0.15) is 11.1 Å². The number of aromatic nitrogens is 2. The Bertz CT molecular complexity index is 558. The van der Waals surface area contributed by atoms with Crippen LogP contribution in [-0.4, -0.2) is 9.97 Å². The lowest BCUT2D eigenvalue weighted by molar-refractivity contribution is 1.07. The molecule has 1 aromatic heterocycles. The van der Waals surface area contributed by atoms with Crippen molar-refractivity contribution in [3.63, 3.8) is 0 Å². The third-order valence-corrected chi connectivity index (χ3v) is 2.37. The molecule has 1 heterocycles. The maximum Gasteiger partial charge on any atom is 0.145 e. The molecule has 4 N–H and O–H groups in total. The second kappa shape index (κ2) is 5.61. The fraction of sp³-hybridized carbons (Fsp3) is 0.0833. The molecule has 0 amide bonds. The largest absolute Gasteiger partial charge is 0.366 e. The van der Waals surface area contributed by atoms with Crippen molar-refractivity contribution in [1.29, 1.82) is 5.26 Å². The minimum atomic E-state index is 0.548. The quantitative estimate of drug-likeness (QED) is 0.549. The Morgan fingerprint density at radius 1 is 1.17 bits per heavy atom. The molecular weight excluding hydrogens is 228 g/mol. The number of nitrogens with zero attached hydrogens (tertiary/aromatic N) is 3. The van der Waals surface area contributed by atoms with E-state index in [9.17, 15) is 0 Å². The number of nitrogens with one attached hydrogen (secondary N) is 2. The van der Waals surface area contributed by atoms with E-state index in [-0.39, 0.29) is 0 Å². The predicted molar refractivity (Wildman–Crippen MR) is 68.3 cm³/mol. The van der Waals surface area contributed by atoms with Crippen molar-refractivity contribution < 1.29 is 0 Å². The Morgan fingerprint density at radius 2 is 1.89 bits per heavy atom. The highest BCUT2D eigenvalue weighted by Gasteiger charge is 1.98. The van der Waals surface area contributed by atoms with Crippen LogP contribution in [-0.2, 0) is 6.54 Å². The molecule has 0 aliphatic rings. The van der Waals surface area contributed by atoms with E-state index in [2.05, 4.69) is 26.8 Å². The summed E-state index contributed by atoms with van der Waals surface area (Å²) in [5, 5.41) is 11.8. The number of nitrogens with two attached hydrogens (primary N) is 1. The van der Waals surface area contributed by atoms with Gasteiger partial charge >= 0.3 is 0 Å². The lowest BCUT2D eigenvalue weighted by Crippen LogP contribution is -2.09. The first-order valence-electron chi connectivity index (χ1n) is 5.33. The zero-order valence-electron chi connectivity index (χ0n) is 9.59. The van der Waals surface area contributed by atoms with Gasteiger partial charge in [0.25, 0.3) is 0 Å².